The number of rotatable bonds is 5. The minimum absolute atomic E-state index is 0.241. The van der Waals surface area contributed by atoms with Crippen LogP contribution in [-0.2, 0) is 0 Å². The van der Waals surface area contributed by atoms with Crippen LogP contribution in [0.15, 0.2) is 18.2 Å². The van der Waals surface area contributed by atoms with Crippen LogP contribution < -0.4 is 4.74 Å². The van der Waals surface area contributed by atoms with Gasteiger partial charge in [0.1, 0.15) is 18.5 Å². The molecule has 0 spiro atoms. The Morgan fingerprint density at radius 1 is 1.29 bits per heavy atom. The van der Waals surface area contributed by atoms with E-state index >= 15 is 0 Å². The first-order valence-electron chi connectivity index (χ1n) is 8.66. The molecule has 1 heterocycles. The number of likely N-dealkylation sites (tertiary alicyclic amines) is 1. The van der Waals surface area contributed by atoms with Gasteiger partial charge in [-0.05, 0) is 48.3 Å². The topological polar surface area (TPSA) is 32.7 Å². The summed E-state index contributed by atoms with van der Waals surface area (Å²) in [7, 11) is 0. The van der Waals surface area contributed by atoms with Gasteiger partial charge in [-0.2, -0.15) is 0 Å². The first-order chi connectivity index (χ1) is 11.2. The maximum Gasteiger partial charge on any atom is 0.138 e. The van der Waals surface area contributed by atoms with Crippen molar-refractivity contribution in [2.24, 2.45) is 10.8 Å². The number of hydrogen-bond acceptors (Lipinski definition) is 3. The summed E-state index contributed by atoms with van der Waals surface area (Å²) in [5.74, 6) is 0.563. The number of benzene rings is 1. The number of aliphatic hydroxyl groups is 1. The zero-order chi connectivity index (χ0) is 17.5. The van der Waals surface area contributed by atoms with E-state index in [2.05, 4.69) is 25.7 Å². The van der Waals surface area contributed by atoms with Crippen LogP contribution in [0.5, 0.6) is 5.75 Å². The molecule has 1 saturated heterocycles. The zero-order valence-electron chi connectivity index (χ0n) is 14.7. The molecule has 2 aliphatic rings. The van der Waals surface area contributed by atoms with Gasteiger partial charge < -0.3 is 9.84 Å². The molecule has 3 atom stereocenters. The second-order valence-electron chi connectivity index (χ2n) is 8.68. The van der Waals surface area contributed by atoms with Gasteiger partial charge in [-0.25, -0.2) is 0 Å². The smallest absolute Gasteiger partial charge is 0.138 e. The largest absolute Gasteiger partial charge is 0.489 e. The molecule has 0 amide bonds. The molecule has 2 fully saturated rings. The third-order valence-electron chi connectivity index (χ3n) is 5.29. The molecule has 0 aromatic heterocycles. The van der Waals surface area contributed by atoms with Gasteiger partial charge in [0.25, 0.3) is 0 Å². The standard InChI is InChI=1S/C19H27Cl2NO2/c1-18(2)7-14-8-19(3,11-18)12-22(14)9-15(23)10-24-17-5-4-13(20)6-16(17)21/h4-6,14-15,23H,7-12H2,1-3H3. The Morgan fingerprint density at radius 3 is 2.75 bits per heavy atom. The summed E-state index contributed by atoms with van der Waals surface area (Å²) in [5.41, 5.74) is 0.775. The van der Waals surface area contributed by atoms with E-state index in [4.69, 9.17) is 27.9 Å². The molecule has 3 rings (SSSR count). The van der Waals surface area contributed by atoms with Crippen molar-refractivity contribution in [1.82, 2.24) is 4.90 Å². The lowest BCUT2D eigenvalue weighted by molar-refractivity contribution is 0.0585. The van der Waals surface area contributed by atoms with Gasteiger partial charge in [0.2, 0.25) is 0 Å². The number of hydrogen-bond donors (Lipinski definition) is 1. The molecule has 3 nitrogen and oxygen atoms in total. The number of β-amino-alcohol motifs (C(OH)–C–C–N with tert-alkyl or cyclic N) is 1. The zero-order valence-corrected chi connectivity index (χ0v) is 16.2. The predicted octanol–water partition coefficient (Wildman–Crippen LogP) is 4.63. The van der Waals surface area contributed by atoms with Crippen LogP contribution in [0.4, 0.5) is 0 Å². The van der Waals surface area contributed by atoms with Crippen molar-refractivity contribution in [3.63, 3.8) is 0 Å². The molecular weight excluding hydrogens is 345 g/mol. The predicted molar refractivity (Wildman–Crippen MR) is 99.1 cm³/mol. The first-order valence-corrected chi connectivity index (χ1v) is 9.41. The maximum atomic E-state index is 10.4. The summed E-state index contributed by atoms with van der Waals surface area (Å²) < 4.78 is 5.67. The summed E-state index contributed by atoms with van der Waals surface area (Å²) in [6.07, 6.45) is 3.19. The Bertz CT molecular complexity index is 607. The van der Waals surface area contributed by atoms with Gasteiger partial charge in [0.05, 0.1) is 5.02 Å². The van der Waals surface area contributed by atoms with Crippen molar-refractivity contribution in [3.05, 3.63) is 28.2 Å². The minimum atomic E-state index is -0.525. The third kappa shape index (κ3) is 4.19. The van der Waals surface area contributed by atoms with Gasteiger partial charge in [-0.1, -0.05) is 44.0 Å². The van der Waals surface area contributed by atoms with Crippen molar-refractivity contribution in [2.45, 2.75) is 52.2 Å². The van der Waals surface area contributed by atoms with Crippen LogP contribution in [0.1, 0.15) is 40.0 Å². The van der Waals surface area contributed by atoms with Crippen LogP contribution in [0, 0.1) is 10.8 Å². The number of halogens is 2. The molecule has 134 valence electrons. The van der Waals surface area contributed by atoms with E-state index < -0.39 is 6.10 Å². The lowest BCUT2D eigenvalue weighted by Crippen LogP contribution is -2.39. The molecule has 1 aliphatic heterocycles. The summed E-state index contributed by atoms with van der Waals surface area (Å²) in [6, 6.07) is 5.70. The lowest BCUT2D eigenvalue weighted by Gasteiger charge is -2.40. The van der Waals surface area contributed by atoms with E-state index in [0.717, 1.165) is 6.54 Å². The summed E-state index contributed by atoms with van der Waals surface area (Å²) in [4.78, 5) is 2.45. The highest BCUT2D eigenvalue weighted by Crippen LogP contribution is 2.52. The van der Waals surface area contributed by atoms with E-state index in [1.54, 1.807) is 18.2 Å². The van der Waals surface area contributed by atoms with E-state index in [1.165, 1.54) is 19.3 Å². The normalized spacial score (nSPS) is 30.3. The van der Waals surface area contributed by atoms with Crippen molar-refractivity contribution in [1.29, 1.82) is 0 Å². The molecule has 0 radical (unpaired) electrons. The Morgan fingerprint density at radius 2 is 2.04 bits per heavy atom. The van der Waals surface area contributed by atoms with E-state index in [9.17, 15) is 5.11 Å². The maximum absolute atomic E-state index is 10.4. The molecule has 5 heteroatoms. The molecule has 1 aromatic rings. The Hall–Kier alpha value is -0.480. The molecule has 1 aromatic carbocycles. The fourth-order valence-corrected chi connectivity index (χ4v) is 5.35. The van der Waals surface area contributed by atoms with E-state index in [0.29, 0.717) is 39.2 Å². The third-order valence-corrected chi connectivity index (χ3v) is 5.82. The van der Waals surface area contributed by atoms with Crippen molar-refractivity contribution in [2.75, 3.05) is 19.7 Å². The Kier molecular flexibility index (Phi) is 5.10. The number of nitrogens with zero attached hydrogens (tertiary/aromatic N) is 1. The quantitative estimate of drug-likeness (QED) is 0.818. The van der Waals surface area contributed by atoms with Gasteiger partial charge in [0, 0.05) is 24.2 Å². The molecule has 1 saturated carbocycles. The van der Waals surface area contributed by atoms with Gasteiger partial charge in [0.15, 0.2) is 0 Å². The van der Waals surface area contributed by atoms with Crippen LogP contribution in [0.2, 0.25) is 10.0 Å². The second kappa shape index (κ2) is 6.68. The van der Waals surface area contributed by atoms with E-state index in [-0.39, 0.29) is 6.61 Å². The SMILES string of the molecule is CC1(C)CC2CC(C)(CN2CC(O)COc2ccc(Cl)cc2Cl)C1. The highest BCUT2D eigenvalue weighted by atomic mass is 35.5. The number of fused-ring (bicyclic) bond motifs is 2. The average molecular weight is 372 g/mol. The lowest BCUT2D eigenvalue weighted by atomic mass is 9.65. The summed E-state index contributed by atoms with van der Waals surface area (Å²) >= 11 is 12.0. The molecule has 1 N–H and O–H groups in total. The average Bonchev–Trinajstić information content (AvgIpc) is 2.66. The Balaban J connectivity index is 1.55. The van der Waals surface area contributed by atoms with Crippen LogP contribution in [0.3, 0.4) is 0 Å². The fourth-order valence-electron chi connectivity index (χ4n) is 4.89. The molecule has 2 bridgehead atoms. The summed E-state index contributed by atoms with van der Waals surface area (Å²) in [6.45, 7) is 9.08. The van der Waals surface area contributed by atoms with Crippen molar-refractivity contribution < 1.29 is 9.84 Å². The molecule has 3 unspecified atom stereocenters. The van der Waals surface area contributed by atoms with Crippen LogP contribution in [-0.4, -0.2) is 41.8 Å². The van der Waals surface area contributed by atoms with Crippen molar-refractivity contribution in [3.8, 4) is 5.75 Å². The molecule has 24 heavy (non-hydrogen) atoms. The van der Waals surface area contributed by atoms with Gasteiger partial charge >= 0.3 is 0 Å². The van der Waals surface area contributed by atoms with Crippen LogP contribution >= 0.6 is 23.2 Å². The Labute approximate surface area is 154 Å². The highest BCUT2D eigenvalue weighted by molar-refractivity contribution is 6.35. The fraction of sp³-hybridized carbons (Fsp3) is 0.684. The number of ether oxygens (including phenoxy) is 1. The highest BCUT2D eigenvalue weighted by Gasteiger charge is 2.49. The van der Waals surface area contributed by atoms with Crippen molar-refractivity contribution >= 4 is 23.2 Å². The monoisotopic (exact) mass is 371 g/mol. The molecular formula is C19H27Cl2NO2. The minimum Gasteiger partial charge on any atom is -0.489 e. The van der Waals surface area contributed by atoms with Gasteiger partial charge in [-0.3, -0.25) is 4.90 Å². The second-order valence-corrected chi connectivity index (χ2v) is 9.53. The first kappa shape index (κ1) is 18.3. The van der Waals surface area contributed by atoms with E-state index in [1.807, 2.05) is 0 Å². The van der Waals surface area contributed by atoms with Gasteiger partial charge in [-0.15, -0.1) is 0 Å². The molecule has 1 aliphatic carbocycles. The van der Waals surface area contributed by atoms with Crippen LogP contribution in [0.25, 0.3) is 0 Å². The number of aliphatic hydroxyl groups excluding tert-OH is 1. The summed E-state index contributed by atoms with van der Waals surface area (Å²) in [5, 5.41) is 11.5.